The van der Waals surface area contributed by atoms with E-state index in [1.807, 2.05) is 17.2 Å². The minimum atomic E-state index is -1.01. The summed E-state index contributed by atoms with van der Waals surface area (Å²) in [5, 5.41) is 18.6. The van der Waals surface area contributed by atoms with Crippen molar-refractivity contribution >= 4 is 23.3 Å². The van der Waals surface area contributed by atoms with Gasteiger partial charge in [0.15, 0.2) is 6.19 Å². The highest BCUT2D eigenvalue weighted by molar-refractivity contribution is 6.01. The molecule has 2 aromatic carbocycles. The van der Waals surface area contributed by atoms with Gasteiger partial charge >= 0.3 is 5.97 Å². The molecule has 1 N–H and O–H groups in total. The summed E-state index contributed by atoms with van der Waals surface area (Å²) in [6.45, 7) is 0.646. The van der Waals surface area contributed by atoms with Crippen LogP contribution in [0.3, 0.4) is 0 Å². The van der Waals surface area contributed by atoms with Crippen molar-refractivity contribution in [2.24, 2.45) is 0 Å². The SMILES string of the molecule is N#CN(C(=O)C1CCCN1c1cccc(C(=O)O)c1)c1ccccc1. The monoisotopic (exact) mass is 335 g/mol. The Hall–Kier alpha value is -3.33. The van der Waals surface area contributed by atoms with Gasteiger partial charge in [-0.3, -0.25) is 4.79 Å². The molecule has 126 valence electrons. The summed E-state index contributed by atoms with van der Waals surface area (Å²) in [5.74, 6) is -1.31. The molecule has 6 nitrogen and oxygen atoms in total. The Bertz CT molecular complexity index is 829. The predicted molar refractivity (Wildman–Crippen MR) is 93.3 cm³/mol. The van der Waals surface area contributed by atoms with Crippen LogP contribution in [0, 0.1) is 11.5 Å². The third kappa shape index (κ3) is 3.31. The van der Waals surface area contributed by atoms with E-state index in [-0.39, 0.29) is 11.5 Å². The molecule has 25 heavy (non-hydrogen) atoms. The highest BCUT2D eigenvalue weighted by atomic mass is 16.4. The van der Waals surface area contributed by atoms with Crippen molar-refractivity contribution in [2.75, 3.05) is 16.3 Å². The van der Waals surface area contributed by atoms with Crippen LogP contribution in [0.2, 0.25) is 0 Å². The maximum Gasteiger partial charge on any atom is 0.335 e. The van der Waals surface area contributed by atoms with Gasteiger partial charge in [-0.2, -0.15) is 5.26 Å². The molecule has 2 aromatic rings. The number of hydrogen-bond donors (Lipinski definition) is 1. The number of benzene rings is 2. The van der Waals surface area contributed by atoms with E-state index in [2.05, 4.69) is 0 Å². The Morgan fingerprint density at radius 1 is 1.16 bits per heavy atom. The summed E-state index contributed by atoms with van der Waals surface area (Å²) >= 11 is 0. The molecule has 1 heterocycles. The molecule has 0 bridgehead atoms. The van der Waals surface area contributed by atoms with E-state index in [4.69, 9.17) is 5.11 Å². The lowest BCUT2D eigenvalue weighted by Gasteiger charge is -2.28. The number of carbonyl (C=O) groups excluding carboxylic acids is 1. The van der Waals surface area contributed by atoms with Crippen molar-refractivity contribution in [2.45, 2.75) is 18.9 Å². The first-order chi connectivity index (χ1) is 12.1. The summed E-state index contributed by atoms with van der Waals surface area (Å²) < 4.78 is 0. The molecule has 1 atom stereocenters. The fourth-order valence-corrected chi connectivity index (χ4v) is 3.11. The fraction of sp³-hybridized carbons (Fsp3) is 0.211. The summed E-state index contributed by atoms with van der Waals surface area (Å²) in [4.78, 5) is 27.1. The van der Waals surface area contributed by atoms with E-state index < -0.39 is 12.0 Å². The highest BCUT2D eigenvalue weighted by Crippen LogP contribution is 2.28. The van der Waals surface area contributed by atoms with Crippen molar-refractivity contribution < 1.29 is 14.7 Å². The zero-order valence-electron chi connectivity index (χ0n) is 13.5. The number of anilines is 2. The Morgan fingerprint density at radius 3 is 2.60 bits per heavy atom. The zero-order chi connectivity index (χ0) is 17.8. The van der Waals surface area contributed by atoms with Gasteiger partial charge < -0.3 is 10.0 Å². The van der Waals surface area contributed by atoms with Gasteiger partial charge in [-0.05, 0) is 43.2 Å². The summed E-state index contributed by atoms with van der Waals surface area (Å²) in [6.07, 6.45) is 3.39. The zero-order valence-corrected chi connectivity index (χ0v) is 13.5. The van der Waals surface area contributed by atoms with Crippen molar-refractivity contribution in [1.82, 2.24) is 0 Å². The predicted octanol–water partition coefficient (Wildman–Crippen LogP) is 2.87. The number of nitrogens with zero attached hydrogens (tertiary/aromatic N) is 3. The van der Waals surface area contributed by atoms with Gasteiger partial charge in [-0.15, -0.1) is 0 Å². The summed E-state index contributed by atoms with van der Waals surface area (Å²) in [7, 11) is 0. The van der Waals surface area contributed by atoms with Crippen molar-refractivity contribution in [3.63, 3.8) is 0 Å². The van der Waals surface area contributed by atoms with E-state index >= 15 is 0 Å². The van der Waals surface area contributed by atoms with Gasteiger partial charge in [0.2, 0.25) is 0 Å². The Balaban J connectivity index is 1.88. The standard InChI is InChI=1S/C19H17N3O3/c20-13-22(15-7-2-1-3-8-15)18(23)17-10-5-11-21(17)16-9-4-6-14(12-16)19(24)25/h1-4,6-9,12,17H,5,10-11H2,(H,24,25). The maximum atomic E-state index is 12.9. The third-order valence-electron chi connectivity index (χ3n) is 4.30. The number of carbonyl (C=O) groups is 2. The molecule has 1 unspecified atom stereocenters. The van der Waals surface area contributed by atoms with E-state index in [1.165, 1.54) is 6.07 Å². The van der Waals surface area contributed by atoms with E-state index in [1.54, 1.807) is 42.5 Å². The summed E-state index contributed by atoms with van der Waals surface area (Å²) in [6, 6.07) is 14.8. The Morgan fingerprint density at radius 2 is 1.92 bits per heavy atom. The van der Waals surface area contributed by atoms with Crippen LogP contribution in [0.1, 0.15) is 23.2 Å². The molecule has 1 amide bonds. The van der Waals surface area contributed by atoms with Gasteiger partial charge in [0, 0.05) is 12.2 Å². The first kappa shape index (κ1) is 16.5. The van der Waals surface area contributed by atoms with Crippen LogP contribution in [0.4, 0.5) is 11.4 Å². The lowest BCUT2D eigenvalue weighted by atomic mass is 10.1. The minimum absolute atomic E-state index is 0.177. The molecule has 0 saturated carbocycles. The average Bonchev–Trinajstić information content (AvgIpc) is 3.13. The number of nitriles is 1. The molecular weight excluding hydrogens is 318 g/mol. The lowest BCUT2D eigenvalue weighted by Crippen LogP contribution is -2.44. The normalized spacial score (nSPS) is 16.3. The van der Waals surface area contributed by atoms with Crippen LogP contribution >= 0.6 is 0 Å². The molecule has 1 aliphatic heterocycles. The largest absolute Gasteiger partial charge is 0.478 e. The maximum absolute atomic E-state index is 12.9. The van der Waals surface area contributed by atoms with E-state index in [0.29, 0.717) is 24.3 Å². The van der Waals surface area contributed by atoms with Crippen LogP contribution in [0.5, 0.6) is 0 Å². The van der Waals surface area contributed by atoms with Gasteiger partial charge in [-0.25, -0.2) is 9.69 Å². The molecule has 1 saturated heterocycles. The fourth-order valence-electron chi connectivity index (χ4n) is 3.11. The smallest absolute Gasteiger partial charge is 0.335 e. The number of rotatable bonds is 4. The van der Waals surface area contributed by atoms with E-state index in [9.17, 15) is 14.9 Å². The third-order valence-corrected chi connectivity index (χ3v) is 4.30. The number of carboxylic acids is 1. The van der Waals surface area contributed by atoms with Gasteiger partial charge in [0.05, 0.1) is 11.3 Å². The van der Waals surface area contributed by atoms with E-state index in [0.717, 1.165) is 11.3 Å². The number of para-hydroxylation sites is 1. The second-order valence-electron chi connectivity index (χ2n) is 5.82. The highest BCUT2D eigenvalue weighted by Gasteiger charge is 2.35. The van der Waals surface area contributed by atoms with Crippen LogP contribution in [-0.2, 0) is 4.79 Å². The Labute approximate surface area is 145 Å². The minimum Gasteiger partial charge on any atom is -0.478 e. The second kappa shape index (κ2) is 7.05. The molecule has 0 aromatic heterocycles. The lowest BCUT2D eigenvalue weighted by molar-refractivity contribution is -0.118. The number of aromatic carboxylic acids is 1. The first-order valence-electron chi connectivity index (χ1n) is 8.00. The number of hydrogen-bond acceptors (Lipinski definition) is 4. The Kier molecular flexibility index (Phi) is 4.66. The van der Waals surface area contributed by atoms with Crippen LogP contribution in [0.25, 0.3) is 0 Å². The molecule has 6 heteroatoms. The first-order valence-corrected chi connectivity index (χ1v) is 8.00. The topological polar surface area (TPSA) is 84.6 Å². The van der Waals surface area contributed by atoms with Gasteiger partial charge in [-0.1, -0.05) is 24.3 Å². The number of carboxylic acid groups (broad SMARTS) is 1. The average molecular weight is 335 g/mol. The van der Waals surface area contributed by atoms with Gasteiger partial charge in [0.25, 0.3) is 5.91 Å². The van der Waals surface area contributed by atoms with Crippen molar-refractivity contribution in [3.8, 4) is 6.19 Å². The molecule has 0 radical (unpaired) electrons. The molecular formula is C19H17N3O3. The second-order valence-corrected chi connectivity index (χ2v) is 5.82. The van der Waals surface area contributed by atoms with Crippen molar-refractivity contribution in [3.05, 3.63) is 60.2 Å². The molecule has 1 fully saturated rings. The van der Waals surface area contributed by atoms with Crippen LogP contribution < -0.4 is 9.80 Å². The van der Waals surface area contributed by atoms with Crippen LogP contribution in [0.15, 0.2) is 54.6 Å². The number of amides is 1. The molecule has 1 aliphatic rings. The molecule has 3 rings (SSSR count). The van der Waals surface area contributed by atoms with Crippen molar-refractivity contribution in [1.29, 1.82) is 5.26 Å². The quantitative estimate of drug-likeness (QED) is 0.686. The van der Waals surface area contributed by atoms with Gasteiger partial charge in [0.1, 0.15) is 6.04 Å². The summed E-state index contributed by atoms with van der Waals surface area (Å²) in [5.41, 5.74) is 1.39. The molecule has 0 spiro atoms. The van der Waals surface area contributed by atoms with Crippen LogP contribution in [-0.4, -0.2) is 29.6 Å². The molecule has 0 aliphatic carbocycles.